The molecule has 0 radical (unpaired) electrons. The zero-order valence-electron chi connectivity index (χ0n) is 24.8. The number of primary amides is 1. The average molecular weight is 595 g/mol. The third kappa shape index (κ3) is 4.89. The number of alkyl halides is 1. The van der Waals surface area contributed by atoms with Crippen molar-refractivity contribution in [1.82, 2.24) is 19.1 Å². The maximum Gasteiger partial charge on any atom is 0.255 e. The normalized spacial score (nSPS) is 18.7. The van der Waals surface area contributed by atoms with Crippen LogP contribution < -0.4 is 16.2 Å². The number of benzene rings is 2. The van der Waals surface area contributed by atoms with Gasteiger partial charge in [0.25, 0.3) is 5.91 Å². The van der Waals surface area contributed by atoms with E-state index in [-0.39, 0.29) is 18.9 Å². The second-order valence-electron chi connectivity index (χ2n) is 12.1. The molecular weight excluding hydrogens is 559 g/mol. The highest BCUT2D eigenvalue weighted by Crippen LogP contribution is 2.39. The highest BCUT2D eigenvalue weighted by atomic mass is 19.1. The zero-order chi connectivity index (χ0) is 30.7. The molecule has 1 saturated heterocycles. The summed E-state index contributed by atoms with van der Waals surface area (Å²) in [7, 11) is 1.57. The summed E-state index contributed by atoms with van der Waals surface area (Å²) >= 11 is 0. The van der Waals surface area contributed by atoms with Crippen LogP contribution in [-0.4, -0.2) is 63.3 Å². The number of fused-ring (bicyclic) bond motifs is 2. The molecule has 3 aromatic heterocycles. The summed E-state index contributed by atoms with van der Waals surface area (Å²) in [6, 6.07) is 17.0. The summed E-state index contributed by atoms with van der Waals surface area (Å²) < 4.78 is 24.0. The third-order valence-electron chi connectivity index (χ3n) is 8.90. The van der Waals surface area contributed by atoms with Crippen LogP contribution in [0, 0.1) is 12.8 Å². The largest absolute Gasteiger partial charge is 0.494 e. The van der Waals surface area contributed by atoms with E-state index in [9.17, 15) is 14.0 Å². The first-order chi connectivity index (χ1) is 21.2. The molecule has 10 heteroatoms. The molecule has 0 spiro atoms. The number of carbonyl (C=O) groups is 2. The van der Waals surface area contributed by atoms with Gasteiger partial charge in [0, 0.05) is 47.4 Å². The minimum absolute atomic E-state index is 0.0173. The van der Waals surface area contributed by atoms with Crippen molar-refractivity contribution in [3.8, 4) is 28.3 Å². The quantitative estimate of drug-likeness (QED) is 0.276. The Bertz CT molecular complexity index is 1930. The number of hydrogen-bond acceptors (Lipinski definition) is 5. The van der Waals surface area contributed by atoms with Crippen LogP contribution in [0.15, 0.2) is 60.8 Å². The Morgan fingerprint density at radius 1 is 1.09 bits per heavy atom. The first-order valence-electron chi connectivity index (χ1n) is 15.0. The first-order valence-corrected chi connectivity index (χ1v) is 15.0. The average Bonchev–Trinajstić information content (AvgIpc) is 3.68. The number of nitrogens with two attached hydrogens (primary N) is 2. The highest BCUT2D eigenvalue weighted by molar-refractivity contribution is 6.01. The number of nitrogens with zero attached hydrogens (tertiary/aromatic N) is 4. The van der Waals surface area contributed by atoms with Gasteiger partial charge in [-0.3, -0.25) is 9.59 Å². The molecule has 1 aliphatic heterocycles. The van der Waals surface area contributed by atoms with Gasteiger partial charge in [-0.1, -0.05) is 30.3 Å². The predicted octanol–water partition coefficient (Wildman–Crippen LogP) is 4.96. The van der Waals surface area contributed by atoms with E-state index in [4.69, 9.17) is 21.3 Å². The number of carbonyl (C=O) groups excluding carboxylic acids is 2. The number of aromatic nitrogens is 3. The standard InChI is InChI=1S/C34H35FN6O3/c1-19-31(38-41-16-23(13-30(44-2)32(19)41)34(43)39-17-24(35)14-25(36)18-39)29-12-22-10-9-21(11-28(22)40(29)15-20-7-8-20)26-5-3-4-6-27(26)33(37)42/h3-6,9-13,16,20,24-25H,7-8,14-15,17-18,36H2,1-2H3,(H2,37,42)/t24-,25-/m1/s1. The van der Waals surface area contributed by atoms with Crippen molar-refractivity contribution >= 4 is 28.2 Å². The van der Waals surface area contributed by atoms with Gasteiger partial charge >= 0.3 is 0 Å². The summed E-state index contributed by atoms with van der Waals surface area (Å²) in [5.74, 6) is 0.330. The van der Waals surface area contributed by atoms with Gasteiger partial charge in [0.1, 0.15) is 23.1 Å². The van der Waals surface area contributed by atoms with E-state index in [1.807, 2.05) is 31.2 Å². The SMILES string of the molecule is COc1cc(C(=O)N2C[C@H](N)C[C@@H](F)C2)cn2nc(-c3cc4ccc(-c5ccccc5C(N)=O)cc4n3CC3CC3)c(C)c12. The van der Waals surface area contributed by atoms with Crippen molar-refractivity contribution in [3.63, 3.8) is 0 Å². The van der Waals surface area contributed by atoms with Gasteiger partial charge in [-0.15, -0.1) is 0 Å². The fraction of sp³-hybridized carbons (Fsp3) is 0.324. The van der Waals surface area contributed by atoms with Gasteiger partial charge in [-0.2, -0.15) is 5.10 Å². The van der Waals surface area contributed by atoms with E-state index in [0.29, 0.717) is 29.3 Å². The van der Waals surface area contributed by atoms with Gasteiger partial charge in [0.2, 0.25) is 5.91 Å². The lowest BCUT2D eigenvalue weighted by Gasteiger charge is -2.33. The van der Waals surface area contributed by atoms with Crippen LogP contribution in [0.1, 0.15) is 45.5 Å². The molecule has 1 aliphatic carbocycles. The Kier molecular flexibility index (Phi) is 6.88. The van der Waals surface area contributed by atoms with Crippen molar-refractivity contribution in [2.45, 2.75) is 44.9 Å². The zero-order valence-corrected chi connectivity index (χ0v) is 24.8. The lowest BCUT2D eigenvalue weighted by atomic mass is 9.98. The van der Waals surface area contributed by atoms with Gasteiger partial charge < -0.3 is 25.7 Å². The lowest BCUT2D eigenvalue weighted by Crippen LogP contribution is -2.50. The van der Waals surface area contributed by atoms with Crippen LogP contribution >= 0.6 is 0 Å². The number of methoxy groups -OCH3 is 1. The Morgan fingerprint density at radius 2 is 1.89 bits per heavy atom. The van der Waals surface area contributed by atoms with Crippen LogP contribution in [-0.2, 0) is 6.54 Å². The number of pyridine rings is 1. The minimum Gasteiger partial charge on any atom is -0.494 e. The third-order valence-corrected chi connectivity index (χ3v) is 8.90. The van der Waals surface area contributed by atoms with Crippen molar-refractivity contribution in [3.05, 3.63) is 77.5 Å². The summed E-state index contributed by atoms with van der Waals surface area (Å²) in [5.41, 5.74) is 18.7. The Morgan fingerprint density at radius 3 is 2.61 bits per heavy atom. The molecule has 7 rings (SSSR count). The van der Waals surface area contributed by atoms with Gasteiger partial charge in [-0.25, -0.2) is 8.91 Å². The number of ether oxygens (including phenoxy) is 1. The molecule has 2 amide bonds. The highest BCUT2D eigenvalue weighted by Gasteiger charge is 2.30. The number of halogens is 1. The molecule has 2 atom stereocenters. The van der Waals surface area contributed by atoms with Crippen molar-refractivity contribution in [1.29, 1.82) is 0 Å². The number of hydrogen-bond donors (Lipinski definition) is 2. The van der Waals surface area contributed by atoms with Crippen molar-refractivity contribution < 1.29 is 18.7 Å². The first kappa shape index (κ1) is 28.1. The van der Waals surface area contributed by atoms with Crippen molar-refractivity contribution in [2.24, 2.45) is 17.4 Å². The molecule has 1 saturated carbocycles. The van der Waals surface area contributed by atoms with Crippen LogP contribution in [0.5, 0.6) is 5.75 Å². The molecule has 4 heterocycles. The maximum absolute atomic E-state index is 14.3. The topological polar surface area (TPSA) is 121 Å². The van der Waals surface area contributed by atoms with E-state index in [1.165, 1.54) is 17.7 Å². The summed E-state index contributed by atoms with van der Waals surface area (Å²) in [4.78, 5) is 27.1. The Balaban J connectivity index is 1.35. The molecular formula is C34H35FN6O3. The fourth-order valence-electron chi connectivity index (χ4n) is 6.55. The molecule has 2 aliphatic rings. The molecule has 4 N–H and O–H groups in total. The number of amides is 2. The molecule has 2 aromatic carbocycles. The van der Waals surface area contributed by atoms with Gasteiger partial charge in [0.05, 0.1) is 24.9 Å². The molecule has 44 heavy (non-hydrogen) atoms. The lowest BCUT2D eigenvalue weighted by molar-refractivity contribution is 0.0605. The number of rotatable bonds is 7. The van der Waals surface area contributed by atoms with E-state index in [0.717, 1.165) is 51.0 Å². The summed E-state index contributed by atoms with van der Waals surface area (Å²) in [6.45, 7) is 3.17. The van der Waals surface area contributed by atoms with E-state index >= 15 is 0 Å². The van der Waals surface area contributed by atoms with Crippen molar-refractivity contribution in [2.75, 3.05) is 20.2 Å². The fourth-order valence-corrected chi connectivity index (χ4v) is 6.55. The summed E-state index contributed by atoms with van der Waals surface area (Å²) in [6.07, 6.45) is 3.14. The van der Waals surface area contributed by atoms with Gasteiger partial charge in [0.15, 0.2) is 0 Å². The molecule has 226 valence electrons. The second kappa shape index (κ2) is 10.8. The van der Waals surface area contributed by atoms with Crippen LogP contribution in [0.4, 0.5) is 4.39 Å². The molecule has 2 fully saturated rings. The van der Waals surface area contributed by atoms with E-state index in [1.54, 1.807) is 30.0 Å². The van der Waals surface area contributed by atoms with Crippen LogP contribution in [0.2, 0.25) is 0 Å². The molecule has 9 nitrogen and oxygen atoms in total. The van der Waals surface area contributed by atoms with Crippen LogP contribution in [0.25, 0.3) is 38.9 Å². The van der Waals surface area contributed by atoms with Crippen LogP contribution in [0.3, 0.4) is 0 Å². The summed E-state index contributed by atoms with van der Waals surface area (Å²) in [5, 5.41) is 6.05. The number of piperidine rings is 1. The molecule has 0 unspecified atom stereocenters. The van der Waals surface area contributed by atoms with E-state index < -0.39 is 18.1 Å². The second-order valence-corrected chi connectivity index (χ2v) is 12.1. The molecule has 5 aromatic rings. The Hall–Kier alpha value is -4.70. The minimum atomic E-state index is -1.15. The number of aryl methyl sites for hydroxylation is 1. The monoisotopic (exact) mass is 594 g/mol. The Labute approximate surface area is 254 Å². The molecule has 0 bridgehead atoms. The van der Waals surface area contributed by atoms with E-state index in [2.05, 4.69) is 22.8 Å². The maximum atomic E-state index is 14.3. The number of likely N-dealkylation sites (tertiary alicyclic amines) is 1. The predicted molar refractivity (Wildman–Crippen MR) is 167 cm³/mol. The smallest absolute Gasteiger partial charge is 0.255 e. The van der Waals surface area contributed by atoms with Gasteiger partial charge in [-0.05, 0) is 67.5 Å².